The maximum Gasteiger partial charge on any atom is 0.267 e. The Labute approximate surface area is 102 Å². The summed E-state index contributed by atoms with van der Waals surface area (Å²) in [6.07, 6.45) is 0.822. The summed E-state index contributed by atoms with van der Waals surface area (Å²) >= 11 is 0. The van der Waals surface area contributed by atoms with E-state index in [-0.39, 0.29) is 12.3 Å². The van der Waals surface area contributed by atoms with Gasteiger partial charge in [0.25, 0.3) is 5.91 Å². The third-order valence-corrected chi connectivity index (χ3v) is 2.40. The minimum Gasteiger partial charge on any atom is -0.393 e. The van der Waals surface area contributed by atoms with E-state index in [0.29, 0.717) is 12.3 Å². The third-order valence-electron chi connectivity index (χ3n) is 2.40. The Morgan fingerprint density at radius 2 is 1.88 bits per heavy atom. The monoisotopic (exact) mass is 242 g/mol. The van der Waals surface area contributed by atoms with Crippen LogP contribution >= 0.6 is 0 Å². The highest BCUT2D eigenvalue weighted by Crippen LogP contribution is 2.09. The number of amides is 2. The van der Waals surface area contributed by atoms with Crippen molar-refractivity contribution in [3.63, 3.8) is 0 Å². The van der Waals surface area contributed by atoms with E-state index in [4.69, 9.17) is 0 Å². The quantitative estimate of drug-likeness (QED) is 0.651. The van der Waals surface area contributed by atoms with Crippen molar-refractivity contribution in [1.82, 2.24) is 5.32 Å². The molecule has 5 heteroatoms. The Morgan fingerprint density at radius 1 is 1.29 bits per heavy atom. The molecule has 2 atom stereocenters. The van der Waals surface area contributed by atoms with E-state index in [2.05, 4.69) is 30.9 Å². The molecule has 0 spiro atoms. The molecule has 5 nitrogen and oxygen atoms in total. The minimum atomic E-state index is -0.683. The molecule has 0 aromatic heterocycles. The molecule has 2 amide bonds. The van der Waals surface area contributed by atoms with Gasteiger partial charge in [0, 0.05) is 0 Å². The average Bonchev–Trinajstić information content (AvgIpc) is 2.24. The molecule has 0 aliphatic heterocycles. The van der Waals surface area contributed by atoms with Gasteiger partial charge in [-0.2, -0.15) is 0 Å². The van der Waals surface area contributed by atoms with Crippen molar-refractivity contribution < 1.29 is 14.7 Å². The first kappa shape index (κ1) is 15.8. The molecule has 17 heavy (non-hydrogen) atoms. The molecule has 2 N–H and O–H groups in total. The van der Waals surface area contributed by atoms with Crippen LogP contribution in [0.15, 0.2) is 4.99 Å². The summed E-state index contributed by atoms with van der Waals surface area (Å²) in [6, 6.07) is -0.683. The molecule has 0 aromatic rings. The van der Waals surface area contributed by atoms with Gasteiger partial charge in [0.2, 0.25) is 5.91 Å². The van der Waals surface area contributed by atoms with Crippen molar-refractivity contribution in [2.45, 2.75) is 52.2 Å². The molecule has 0 heterocycles. The van der Waals surface area contributed by atoms with Crippen molar-refractivity contribution in [3.05, 3.63) is 0 Å². The maximum atomic E-state index is 11.4. The molecular weight excluding hydrogens is 220 g/mol. The van der Waals surface area contributed by atoms with Crippen molar-refractivity contribution in [3.8, 4) is 0 Å². The van der Waals surface area contributed by atoms with E-state index >= 15 is 0 Å². The fraction of sp³-hybridized carbons (Fsp3) is 0.750. The van der Waals surface area contributed by atoms with Gasteiger partial charge >= 0.3 is 0 Å². The van der Waals surface area contributed by atoms with E-state index in [1.165, 1.54) is 6.92 Å². The number of aliphatic imine (C=N–C) groups is 1. The number of nitrogens with one attached hydrogen (secondary N) is 1. The predicted molar refractivity (Wildman–Crippen MR) is 66.9 cm³/mol. The number of hydrogen-bond donors (Lipinski definition) is 2. The normalized spacial score (nSPS) is 14.2. The first-order valence-electron chi connectivity index (χ1n) is 5.84. The summed E-state index contributed by atoms with van der Waals surface area (Å²) in [7, 11) is 0. The lowest BCUT2D eigenvalue weighted by Gasteiger charge is -2.14. The van der Waals surface area contributed by atoms with E-state index in [1.54, 1.807) is 0 Å². The first-order chi connectivity index (χ1) is 7.86. The molecule has 0 bridgehead atoms. The molecular formula is C12H22N2O3. The summed E-state index contributed by atoms with van der Waals surface area (Å²) in [4.78, 5) is 25.7. The Bertz CT molecular complexity index is 277. The number of rotatable bonds is 7. The number of carbonyl (C=O) groups is 2. The number of aliphatic hydroxyl groups excluding tert-OH is 1. The largest absolute Gasteiger partial charge is 0.393 e. The molecule has 0 aliphatic rings. The summed E-state index contributed by atoms with van der Waals surface area (Å²) in [5.74, 6) is -0.320. The average molecular weight is 242 g/mol. The lowest BCUT2D eigenvalue weighted by molar-refractivity contribution is -0.128. The van der Waals surface area contributed by atoms with Crippen LogP contribution in [0.3, 0.4) is 0 Å². The predicted octanol–water partition coefficient (Wildman–Crippen LogP) is 0.905. The van der Waals surface area contributed by atoms with Crippen LogP contribution in [0.5, 0.6) is 0 Å². The van der Waals surface area contributed by atoms with Gasteiger partial charge in [-0.25, -0.2) is 4.99 Å². The lowest BCUT2D eigenvalue weighted by Crippen LogP contribution is -2.39. The van der Waals surface area contributed by atoms with Gasteiger partial charge in [0.1, 0.15) is 6.04 Å². The minimum absolute atomic E-state index is 0.0154. The van der Waals surface area contributed by atoms with Crippen molar-refractivity contribution in [2.24, 2.45) is 10.9 Å². The molecule has 0 unspecified atom stereocenters. The second kappa shape index (κ2) is 7.95. The highest BCUT2D eigenvalue weighted by atomic mass is 16.3. The highest BCUT2D eigenvalue weighted by Gasteiger charge is 2.16. The van der Waals surface area contributed by atoms with Crippen molar-refractivity contribution in [1.29, 1.82) is 0 Å². The zero-order valence-corrected chi connectivity index (χ0v) is 10.8. The van der Waals surface area contributed by atoms with Crippen LogP contribution in [0.4, 0.5) is 0 Å². The first-order valence-corrected chi connectivity index (χ1v) is 5.84. The van der Waals surface area contributed by atoms with Crippen LogP contribution in [0, 0.1) is 5.92 Å². The van der Waals surface area contributed by atoms with E-state index in [1.807, 2.05) is 0 Å². The van der Waals surface area contributed by atoms with Crippen LogP contribution in [-0.2, 0) is 9.59 Å². The van der Waals surface area contributed by atoms with Gasteiger partial charge in [-0.1, -0.05) is 13.8 Å². The third kappa shape index (κ3) is 7.63. The summed E-state index contributed by atoms with van der Waals surface area (Å²) in [5, 5.41) is 12.1. The lowest BCUT2D eigenvalue weighted by atomic mass is 10.0. The van der Waals surface area contributed by atoms with Crippen LogP contribution in [0.2, 0.25) is 0 Å². The fourth-order valence-corrected chi connectivity index (χ4v) is 1.34. The molecule has 0 rings (SSSR count). The Balaban J connectivity index is 3.92. The molecule has 0 aliphatic carbocycles. The van der Waals surface area contributed by atoms with E-state index < -0.39 is 18.1 Å². The Hall–Kier alpha value is -1.23. The van der Waals surface area contributed by atoms with E-state index in [0.717, 1.165) is 6.42 Å². The zero-order valence-electron chi connectivity index (χ0n) is 10.8. The molecule has 0 saturated heterocycles. The van der Waals surface area contributed by atoms with Crippen LogP contribution in [0.1, 0.15) is 40.0 Å². The van der Waals surface area contributed by atoms with Crippen LogP contribution < -0.4 is 5.32 Å². The van der Waals surface area contributed by atoms with Crippen molar-refractivity contribution in [2.75, 3.05) is 0 Å². The topological polar surface area (TPSA) is 78.8 Å². The number of nitrogens with zero attached hydrogens (tertiary/aromatic N) is 1. The number of carbonyl (C=O) groups excluding carboxylic acids is 2. The van der Waals surface area contributed by atoms with E-state index in [9.17, 15) is 14.7 Å². The highest BCUT2D eigenvalue weighted by molar-refractivity contribution is 5.89. The fourth-order valence-electron chi connectivity index (χ4n) is 1.34. The number of hydrogen-bond acceptors (Lipinski definition) is 3. The molecule has 0 aromatic carbocycles. The second-order valence-corrected chi connectivity index (χ2v) is 4.61. The molecule has 98 valence electrons. The van der Waals surface area contributed by atoms with Crippen LogP contribution in [-0.4, -0.2) is 35.8 Å². The Morgan fingerprint density at radius 3 is 2.35 bits per heavy atom. The van der Waals surface area contributed by atoms with Crippen LogP contribution in [0.25, 0.3) is 0 Å². The van der Waals surface area contributed by atoms with Gasteiger partial charge in [-0.05, 0) is 32.4 Å². The zero-order chi connectivity index (χ0) is 13.4. The molecule has 0 saturated carbocycles. The molecule has 0 radical (unpaired) electrons. The maximum absolute atomic E-state index is 11.4. The molecule has 0 fully saturated rings. The van der Waals surface area contributed by atoms with Gasteiger partial charge in [-0.15, -0.1) is 0 Å². The second-order valence-electron chi connectivity index (χ2n) is 4.61. The van der Waals surface area contributed by atoms with Gasteiger partial charge in [-0.3, -0.25) is 9.59 Å². The summed E-state index contributed by atoms with van der Waals surface area (Å²) < 4.78 is 0. The summed E-state index contributed by atoms with van der Waals surface area (Å²) in [5.41, 5.74) is 0. The Kier molecular flexibility index (Phi) is 7.37. The smallest absolute Gasteiger partial charge is 0.267 e. The standard InChI is InChI=1S/C12H22N2O3/c1-8(2)5-6-10(15)7-11(16)14-9(3)12(17)13-4/h8-10,15H,4-7H2,1-3H3,(H,14,16)/t9-,10+/m1/s1. The van der Waals surface area contributed by atoms with Gasteiger partial charge in [0.15, 0.2) is 0 Å². The summed E-state index contributed by atoms with van der Waals surface area (Å²) in [6.45, 7) is 8.75. The SMILES string of the molecule is C=NC(=O)[C@@H](C)NC(=O)C[C@@H](O)CCC(C)C. The van der Waals surface area contributed by atoms with Crippen molar-refractivity contribution >= 4 is 18.5 Å². The number of aliphatic hydroxyl groups is 1. The van der Waals surface area contributed by atoms with Gasteiger partial charge in [0.05, 0.1) is 12.5 Å². The van der Waals surface area contributed by atoms with Gasteiger partial charge < -0.3 is 10.4 Å².